The Kier molecular flexibility index (Phi) is 4.90. The summed E-state index contributed by atoms with van der Waals surface area (Å²) in [5, 5.41) is 11.6. The predicted molar refractivity (Wildman–Crippen MR) is 55.4 cm³/mol. The summed E-state index contributed by atoms with van der Waals surface area (Å²) >= 11 is 0. The predicted octanol–water partition coefficient (Wildman–Crippen LogP) is 0.535. The lowest BCUT2D eigenvalue weighted by atomic mass is 10.1. The highest BCUT2D eigenvalue weighted by Crippen LogP contribution is 2.10. The van der Waals surface area contributed by atoms with E-state index in [1.165, 1.54) is 6.42 Å². The van der Waals surface area contributed by atoms with Crippen LogP contribution in [0.1, 0.15) is 26.2 Å². The van der Waals surface area contributed by atoms with E-state index in [1.807, 2.05) is 0 Å². The van der Waals surface area contributed by atoms with E-state index in [1.54, 1.807) is 0 Å². The van der Waals surface area contributed by atoms with Gasteiger partial charge < -0.3 is 15.3 Å². The third-order valence-electron chi connectivity index (χ3n) is 2.81. The molecule has 0 amide bonds. The molecule has 0 aliphatic carbocycles. The molecule has 1 atom stereocenters. The van der Waals surface area contributed by atoms with E-state index in [2.05, 4.69) is 17.1 Å². The number of nitrogens with zero attached hydrogens (tertiary/aromatic N) is 1. The topological polar surface area (TPSA) is 52.6 Å². The summed E-state index contributed by atoms with van der Waals surface area (Å²) in [5.74, 6) is -0.762. The van der Waals surface area contributed by atoms with Gasteiger partial charge in [-0.25, -0.2) is 0 Å². The van der Waals surface area contributed by atoms with E-state index in [4.69, 9.17) is 5.11 Å². The molecular formula is C10H20N2O2. The molecule has 1 saturated heterocycles. The number of carboxylic acid groups (broad SMARTS) is 1. The second-order valence-corrected chi connectivity index (χ2v) is 3.84. The quantitative estimate of drug-likeness (QED) is 0.695. The lowest BCUT2D eigenvalue weighted by molar-refractivity contribution is -0.136. The van der Waals surface area contributed by atoms with Crippen LogP contribution in [0, 0.1) is 0 Å². The molecule has 1 rings (SSSR count). The van der Waals surface area contributed by atoms with Gasteiger partial charge in [-0.05, 0) is 38.9 Å². The van der Waals surface area contributed by atoms with Crippen LogP contribution in [0.15, 0.2) is 0 Å². The smallest absolute Gasteiger partial charge is 0.317 e. The van der Waals surface area contributed by atoms with Gasteiger partial charge in [0.1, 0.15) is 0 Å². The zero-order chi connectivity index (χ0) is 10.4. The fourth-order valence-corrected chi connectivity index (χ4v) is 1.91. The summed E-state index contributed by atoms with van der Waals surface area (Å²) in [4.78, 5) is 12.8. The largest absolute Gasteiger partial charge is 0.480 e. The number of likely N-dealkylation sites (tertiary alicyclic amines) is 1. The highest BCUT2D eigenvalue weighted by molar-refractivity contribution is 5.69. The van der Waals surface area contributed by atoms with Gasteiger partial charge in [-0.1, -0.05) is 6.92 Å². The second kappa shape index (κ2) is 5.98. The van der Waals surface area contributed by atoms with Crippen LogP contribution in [0.25, 0.3) is 0 Å². The first kappa shape index (κ1) is 11.5. The maximum absolute atomic E-state index is 10.4. The zero-order valence-electron chi connectivity index (χ0n) is 8.83. The van der Waals surface area contributed by atoms with Crippen LogP contribution >= 0.6 is 0 Å². The van der Waals surface area contributed by atoms with Gasteiger partial charge in [-0.15, -0.1) is 0 Å². The van der Waals surface area contributed by atoms with E-state index < -0.39 is 5.97 Å². The summed E-state index contributed by atoms with van der Waals surface area (Å²) < 4.78 is 0. The summed E-state index contributed by atoms with van der Waals surface area (Å²) in [6.45, 7) is 5.61. The average molecular weight is 200 g/mol. The van der Waals surface area contributed by atoms with Crippen LogP contribution in [0.4, 0.5) is 0 Å². The number of aliphatic carboxylic acids is 1. The van der Waals surface area contributed by atoms with E-state index in [0.717, 1.165) is 32.5 Å². The zero-order valence-corrected chi connectivity index (χ0v) is 8.83. The first-order chi connectivity index (χ1) is 6.72. The van der Waals surface area contributed by atoms with Gasteiger partial charge in [0.25, 0.3) is 0 Å². The summed E-state index contributed by atoms with van der Waals surface area (Å²) in [5.41, 5.74) is 0. The lowest BCUT2D eigenvalue weighted by Crippen LogP contribution is -2.34. The van der Waals surface area contributed by atoms with Crippen molar-refractivity contribution in [1.29, 1.82) is 0 Å². The molecular weight excluding hydrogens is 180 g/mol. The van der Waals surface area contributed by atoms with E-state index >= 15 is 0 Å². The Morgan fingerprint density at radius 1 is 1.50 bits per heavy atom. The van der Waals surface area contributed by atoms with Crippen molar-refractivity contribution in [3.8, 4) is 0 Å². The van der Waals surface area contributed by atoms with Crippen LogP contribution in [0.3, 0.4) is 0 Å². The number of hydrogen-bond donors (Lipinski definition) is 2. The standard InChI is InChI=1S/C10H20N2O2/c1-2-12-6-3-4-9(5-7-12)11-8-10(13)14/h9,11H,2-8H2,1H3,(H,13,14). The molecule has 0 saturated carbocycles. The molecule has 0 radical (unpaired) electrons. The van der Waals surface area contributed by atoms with Crippen LogP contribution in [-0.2, 0) is 4.79 Å². The fourth-order valence-electron chi connectivity index (χ4n) is 1.91. The molecule has 0 aromatic carbocycles. The number of carbonyl (C=O) groups is 1. The lowest BCUT2D eigenvalue weighted by Gasteiger charge is -2.17. The van der Waals surface area contributed by atoms with Crippen molar-refractivity contribution >= 4 is 5.97 Å². The van der Waals surface area contributed by atoms with Crippen LogP contribution in [0.5, 0.6) is 0 Å². The molecule has 4 heteroatoms. The minimum absolute atomic E-state index is 0.0940. The van der Waals surface area contributed by atoms with Crippen LogP contribution in [0.2, 0.25) is 0 Å². The van der Waals surface area contributed by atoms with Gasteiger partial charge in [0, 0.05) is 6.04 Å². The monoisotopic (exact) mass is 200 g/mol. The molecule has 14 heavy (non-hydrogen) atoms. The van der Waals surface area contributed by atoms with E-state index in [9.17, 15) is 4.79 Å². The summed E-state index contributed by atoms with van der Waals surface area (Å²) in [7, 11) is 0. The van der Waals surface area contributed by atoms with Gasteiger partial charge in [-0.3, -0.25) is 4.79 Å². The van der Waals surface area contributed by atoms with Crippen molar-refractivity contribution in [3.63, 3.8) is 0 Å². The molecule has 1 heterocycles. The molecule has 0 spiro atoms. The van der Waals surface area contributed by atoms with Crippen molar-refractivity contribution in [3.05, 3.63) is 0 Å². The molecule has 1 fully saturated rings. The van der Waals surface area contributed by atoms with Crippen molar-refractivity contribution in [2.45, 2.75) is 32.2 Å². The molecule has 0 aromatic rings. The van der Waals surface area contributed by atoms with Crippen molar-refractivity contribution in [1.82, 2.24) is 10.2 Å². The Labute approximate surface area is 85.3 Å². The minimum Gasteiger partial charge on any atom is -0.480 e. The summed E-state index contributed by atoms with van der Waals surface area (Å²) in [6.07, 6.45) is 3.34. The number of hydrogen-bond acceptors (Lipinski definition) is 3. The van der Waals surface area contributed by atoms with Gasteiger partial charge >= 0.3 is 5.97 Å². The molecule has 4 nitrogen and oxygen atoms in total. The molecule has 0 aromatic heterocycles. The number of carboxylic acids is 1. The highest BCUT2D eigenvalue weighted by Gasteiger charge is 2.15. The van der Waals surface area contributed by atoms with Gasteiger partial charge in [0.15, 0.2) is 0 Å². The maximum Gasteiger partial charge on any atom is 0.317 e. The Balaban J connectivity index is 2.23. The maximum atomic E-state index is 10.4. The Hall–Kier alpha value is -0.610. The third kappa shape index (κ3) is 4.07. The van der Waals surface area contributed by atoms with Crippen LogP contribution in [-0.4, -0.2) is 48.2 Å². The molecule has 0 bridgehead atoms. The SMILES string of the molecule is CCN1CCCC(NCC(=O)O)CC1. The fraction of sp³-hybridized carbons (Fsp3) is 0.900. The van der Waals surface area contributed by atoms with Crippen molar-refractivity contribution in [2.24, 2.45) is 0 Å². The van der Waals surface area contributed by atoms with Crippen LogP contribution < -0.4 is 5.32 Å². The summed E-state index contributed by atoms with van der Waals surface area (Å²) in [6, 6.07) is 0.391. The first-order valence-electron chi connectivity index (χ1n) is 5.40. The van der Waals surface area contributed by atoms with Crippen molar-refractivity contribution < 1.29 is 9.90 Å². The first-order valence-corrected chi connectivity index (χ1v) is 5.40. The van der Waals surface area contributed by atoms with E-state index in [-0.39, 0.29) is 6.54 Å². The normalized spacial score (nSPS) is 24.5. The molecule has 1 aliphatic rings. The minimum atomic E-state index is -0.762. The van der Waals surface area contributed by atoms with Gasteiger partial charge in [0.2, 0.25) is 0 Å². The number of nitrogens with one attached hydrogen (secondary N) is 1. The van der Waals surface area contributed by atoms with Gasteiger partial charge in [0.05, 0.1) is 6.54 Å². The molecule has 1 aliphatic heterocycles. The Bertz CT molecular complexity index is 185. The van der Waals surface area contributed by atoms with Crippen molar-refractivity contribution in [2.75, 3.05) is 26.2 Å². The molecule has 1 unspecified atom stereocenters. The highest BCUT2D eigenvalue weighted by atomic mass is 16.4. The molecule has 2 N–H and O–H groups in total. The van der Waals surface area contributed by atoms with E-state index in [0.29, 0.717) is 6.04 Å². The Morgan fingerprint density at radius 3 is 2.93 bits per heavy atom. The average Bonchev–Trinajstić information content (AvgIpc) is 2.39. The Morgan fingerprint density at radius 2 is 2.29 bits per heavy atom. The molecule has 82 valence electrons. The second-order valence-electron chi connectivity index (χ2n) is 3.84. The number of rotatable bonds is 4. The van der Waals surface area contributed by atoms with Gasteiger partial charge in [-0.2, -0.15) is 0 Å². The third-order valence-corrected chi connectivity index (χ3v) is 2.81.